The van der Waals surface area contributed by atoms with Crippen molar-refractivity contribution in [1.82, 2.24) is 9.97 Å². The van der Waals surface area contributed by atoms with E-state index in [0.717, 1.165) is 27.5 Å². The first-order valence-electron chi connectivity index (χ1n) is 4.94. The molecule has 0 fully saturated rings. The second-order valence-electron chi connectivity index (χ2n) is 3.63. The number of halogens is 1. The Morgan fingerprint density at radius 1 is 1.00 bits per heavy atom. The van der Waals surface area contributed by atoms with Crippen LogP contribution in [0.2, 0.25) is 5.02 Å². The second-order valence-corrected chi connectivity index (χ2v) is 4.07. The van der Waals surface area contributed by atoms with Crippen LogP contribution in [-0.4, -0.2) is 9.97 Å². The molecule has 2 rings (SSSR count). The summed E-state index contributed by atoms with van der Waals surface area (Å²) in [5.41, 5.74) is 9.43. The number of aryl methyl sites for hydroxylation is 2. The summed E-state index contributed by atoms with van der Waals surface area (Å²) in [6.45, 7) is 3.85. The van der Waals surface area contributed by atoms with Crippen molar-refractivity contribution in [2.75, 3.05) is 5.73 Å². The Labute approximate surface area is 99.3 Å². The van der Waals surface area contributed by atoms with E-state index in [2.05, 4.69) is 9.97 Å². The summed E-state index contributed by atoms with van der Waals surface area (Å²) in [4.78, 5) is 8.33. The van der Waals surface area contributed by atoms with Crippen LogP contribution in [-0.2, 0) is 0 Å². The molecule has 1 heterocycles. The Hall–Kier alpha value is -1.61. The summed E-state index contributed by atoms with van der Waals surface area (Å²) in [6, 6.07) is 7.62. The highest BCUT2D eigenvalue weighted by Gasteiger charge is 2.08. The van der Waals surface area contributed by atoms with Gasteiger partial charge in [-0.2, -0.15) is 0 Å². The molecule has 1 aromatic heterocycles. The van der Waals surface area contributed by atoms with Crippen LogP contribution in [0.4, 0.5) is 5.95 Å². The zero-order chi connectivity index (χ0) is 11.7. The molecule has 16 heavy (non-hydrogen) atoms. The lowest BCUT2D eigenvalue weighted by molar-refractivity contribution is 1.07. The van der Waals surface area contributed by atoms with Crippen molar-refractivity contribution < 1.29 is 0 Å². The maximum absolute atomic E-state index is 5.85. The number of nitrogens with two attached hydrogens (primary N) is 1. The molecule has 2 aromatic rings. The van der Waals surface area contributed by atoms with Crippen molar-refractivity contribution in [2.24, 2.45) is 0 Å². The van der Waals surface area contributed by atoms with Crippen molar-refractivity contribution >= 4 is 17.5 Å². The molecule has 0 bridgehead atoms. The van der Waals surface area contributed by atoms with Gasteiger partial charge in [0.05, 0.1) is 11.4 Å². The van der Waals surface area contributed by atoms with Gasteiger partial charge in [0.1, 0.15) is 0 Å². The summed E-state index contributed by atoms with van der Waals surface area (Å²) < 4.78 is 0. The fraction of sp³-hybridized carbons (Fsp3) is 0.167. The average Bonchev–Trinajstić information content (AvgIpc) is 2.19. The first-order valence-corrected chi connectivity index (χ1v) is 5.32. The lowest BCUT2D eigenvalue weighted by Crippen LogP contribution is -2.01. The van der Waals surface area contributed by atoms with E-state index >= 15 is 0 Å². The number of rotatable bonds is 1. The molecule has 0 aliphatic heterocycles. The first kappa shape index (κ1) is 10.9. The standard InChI is InChI=1S/C12H12ClN3/c1-7-11(8(2)16-12(14)15-7)9-3-5-10(13)6-4-9/h3-6H,1-2H3,(H2,14,15,16). The maximum Gasteiger partial charge on any atom is 0.220 e. The van der Waals surface area contributed by atoms with Crippen LogP contribution < -0.4 is 5.73 Å². The summed E-state index contributed by atoms with van der Waals surface area (Å²) in [6.07, 6.45) is 0. The molecule has 0 radical (unpaired) electrons. The normalized spacial score (nSPS) is 10.4. The molecule has 82 valence electrons. The van der Waals surface area contributed by atoms with Gasteiger partial charge in [-0.15, -0.1) is 0 Å². The van der Waals surface area contributed by atoms with E-state index in [-0.39, 0.29) is 0 Å². The molecular weight excluding hydrogens is 222 g/mol. The van der Waals surface area contributed by atoms with Crippen LogP contribution in [0, 0.1) is 13.8 Å². The van der Waals surface area contributed by atoms with Crippen molar-refractivity contribution in [3.05, 3.63) is 40.7 Å². The fourth-order valence-corrected chi connectivity index (χ4v) is 1.90. The third-order valence-electron chi connectivity index (χ3n) is 2.42. The van der Waals surface area contributed by atoms with Gasteiger partial charge in [-0.25, -0.2) is 9.97 Å². The third-order valence-corrected chi connectivity index (χ3v) is 2.67. The molecular formula is C12H12ClN3. The zero-order valence-electron chi connectivity index (χ0n) is 9.16. The van der Waals surface area contributed by atoms with Gasteiger partial charge in [-0.1, -0.05) is 23.7 Å². The predicted molar refractivity (Wildman–Crippen MR) is 66.4 cm³/mol. The number of nitrogen functional groups attached to an aromatic ring is 1. The molecule has 4 heteroatoms. The number of hydrogen-bond acceptors (Lipinski definition) is 3. The van der Waals surface area contributed by atoms with E-state index in [1.54, 1.807) is 0 Å². The molecule has 0 amide bonds. The lowest BCUT2D eigenvalue weighted by Gasteiger charge is -2.09. The van der Waals surface area contributed by atoms with E-state index in [0.29, 0.717) is 5.95 Å². The summed E-state index contributed by atoms with van der Waals surface area (Å²) in [7, 11) is 0. The minimum Gasteiger partial charge on any atom is -0.368 e. The Balaban J connectivity index is 2.60. The van der Waals surface area contributed by atoms with Gasteiger partial charge < -0.3 is 5.73 Å². The average molecular weight is 234 g/mol. The number of aromatic nitrogens is 2. The van der Waals surface area contributed by atoms with E-state index < -0.39 is 0 Å². The highest BCUT2D eigenvalue weighted by molar-refractivity contribution is 6.30. The van der Waals surface area contributed by atoms with Gasteiger partial charge >= 0.3 is 0 Å². The van der Waals surface area contributed by atoms with Gasteiger partial charge in [0.2, 0.25) is 5.95 Å². The van der Waals surface area contributed by atoms with Gasteiger partial charge in [0.25, 0.3) is 0 Å². The summed E-state index contributed by atoms with van der Waals surface area (Å²) in [5.74, 6) is 0.313. The smallest absolute Gasteiger partial charge is 0.220 e. The molecule has 3 nitrogen and oxygen atoms in total. The third kappa shape index (κ3) is 1.99. The minimum absolute atomic E-state index is 0.313. The monoisotopic (exact) mass is 233 g/mol. The molecule has 0 aliphatic carbocycles. The number of nitrogens with zero attached hydrogens (tertiary/aromatic N) is 2. The van der Waals surface area contributed by atoms with Crippen molar-refractivity contribution in [2.45, 2.75) is 13.8 Å². The molecule has 0 saturated heterocycles. The Morgan fingerprint density at radius 3 is 2.00 bits per heavy atom. The predicted octanol–water partition coefficient (Wildman–Crippen LogP) is 3.00. The summed E-state index contributed by atoms with van der Waals surface area (Å²) in [5, 5.41) is 0.718. The van der Waals surface area contributed by atoms with Crippen LogP contribution in [0.25, 0.3) is 11.1 Å². The number of anilines is 1. The van der Waals surface area contributed by atoms with Crippen LogP contribution >= 0.6 is 11.6 Å². The topological polar surface area (TPSA) is 51.8 Å². The SMILES string of the molecule is Cc1nc(N)nc(C)c1-c1ccc(Cl)cc1. The minimum atomic E-state index is 0.313. The van der Waals surface area contributed by atoms with Crippen molar-refractivity contribution in [1.29, 1.82) is 0 Å². The molecule has 0 aliphatic rings. The van der Waals surface area contributed by atoms with E-state index in [1.807, 2.05) is 38.1 Å². The van der Waals surface area contributed by atoms with Crippen LogP contribution in [0.3, 0.4) is 0 Å². The lowest BCUT2D eigenvalue weighted by atomic mass is 10.0. The maximum atomic E-state index is 5.85. The quantitative estimate of drug-likeness (QED) is 0.824. The molecule has 0 atom stereocenters. The van der Waals surface area contributed by atoms with Crippen LogP contribution in [0.5, 0.6) is 0 Å². The van der Waals surface area contributed by atoms with E-state index in [4.69, 9.17) is 17.3 Å². The Kier molecular flexibility index (Phi) is 2.79. The molecule has 1 aromatic carbocycles. The molecule has 0 spiro atoms. The van der Waals surface area contributed by atoms with Crippen LogP contribution in [0.1, 0.15) is 11.4 Å². The Morgan fingerprint density at radius 2 is 1.50 bits per heavy atom. The molecule has 0 saturated carbocycles. The highest BCUT2D eigenvalue weighted by Crippen LogP contribution is 2.26. The molecule has 2 N–H and O–H groups in total. The molecule has 0 unspecified atom stereocenters. The fourth-order valence-electron chi connectivity index (χ4n) is 1.78. The summed E-state index contributed by atoms with van der Waals surface area (Å²) >= 11 is 5.85. The zero-order valence-corrected chi connectivity index (χ0v) is 9.92. The van der Waals surface area contributed by atoms with Crippen molar-refractivity contribution in [3.63, 3.8) is 0 Å². The van der Waals surface area contributed by atoms with Gasteiger partial charge in [-0.3, -0.25) is 0 Å². The van der Waals surface area contributed by atoms with Crippen LogP contribution in [0.15, 0.2) is 24.3 Å². The van der Waals surface area contributed by atoms with Gasteiger partial charge in [-0.05, 0) is 31.5 Å². The van der Waals surface area contributed by atoms with Crippen molar-refractivity contribution in [3.8, 4) is 11.1 Å². The number of hydrogen-bond donors (Lipinski definition) is 1. The highest BCUT2D eigenvalue weighted by atomic mass is 35.5. The second kappa shape index (κ2) is 4.10. The van der Waals surface area contributed by atoms with Gasteiger partial charge in [0, 0.05) is 10.6 Å². The van der Waals surface area contributed by atoms with Gasteiger partial charge in [0.15, 0.2) is 0 Å². The van der Waals surface area contributed by atoms with E-state index in [9.17, 15) is 0 Å². The first-order chi connectivity index (χ1) is 7.58. The van der Waals surface area contributed by atoms with E-state index in [1.165, 1.54) is 0 Å². The Bertz CT molecular complexity index is 497. The number of benzene rings is 1. The largest absolute Gasteiger partial charge is 0.368 e.